The Balaban J connectivity index is 1.44. The highest BCUT2D eigenvalue weighted by Gasteiger charge is 2.21. The molecule has 1 heterocycles. The zero-order chi connectivity index (χ0) is 18.4. The van der Waals surface area contributed by atoms with E-state index >= 15 is 0 Å². The van der Waals surface area contributed by atoms with Crippen molar-refractivity contribution in [2.24, 2.45) is 5.92 Å². The van der Waals surface area contributed by atoms with Crippen LogP contribution in [0, 0.1) is 12.8 Å². The van der Waals surface area contributed by atoms with E-state index in [0.717, 1.165) is 12.1 Å². The minimum absolute atomic E-state index is 0.254. The number of aromatic nitrogens is 4. The molecule has 1 aromatic carbocycles. The molecule has 1 saturated carbocycles. The Labute approximate surface area is 153 Å². The number of benzene rings is 1. The van der Waals surface area contributed by atoms with E-state index in [-0.39, 0.29) is 6.03 Å². The highest BCUT2D eigenvalue weighted by atomic mass is 16.5. The van der Waals surface area contributed by atoms with Crippen molar-refractivity contribution in [1.29, 1.82) is 0 Å². The largest absolute Gasteiger partial charge is 0.376 e. The van der Waals surface area contributed by atoms with Crippen LogP contribution in [0.15, 0.2) is 24.3 Å². The molecule has 3 rings (SSSR count). The topological polar surface area (TPSA) is 94.0 Å². The predicted molar refractivity (Wildman–Crippen MR) is 98.3 cm³/mol. The van der Waals surface area contributed by atoms with Crippen molar-refractivity contribution in [3.63, 3.8) is 0 Å². The first-order chi connectivity index (χ1) is 12.6. The summed E-state index contributed by atoms with van der Waals surface area (Å²) in [6, 6.07) is 7.12. The molecular weight excluding hydrogens is 332 g/mol. The van der Waals surface area contributed by atoms with E-state index in [1.807, 2.05) is 31.2 Å². The molecule has 2 atom stereocenters. The first-order valence-corrected chi connectivity index (χ1v) is 9.15. The average molecular weight is 358 g/mol. The first-order valence-electron chi connectivity index (χ1n) is 9.15. The number of ether oxygens (including phenoxy) is 1. The van der Waals surface area contributed by atoms with Crippen LogP contribution in [0.5, 0.6) is 0 Å². The molecule has 26 heavy (non-hydrogen) atoms. The Morgan fingerprint density at radius 3 is 2.96 bits per heavy atom. The molecule has 0 aliphatic heterocycles. The maximum absolute atomic E-state index is 12.1. The number of tetrazole rings is 1. The van der Waals surface area contributed by atoms with E-state index in [2.05, 4.69) is 33.1 Å². The minimum atomic E-state index is -0.254. The van der Waals surface area contributed by atoms with Crippen LogP contribution in [0.4, 0.5) is 10.5 Å². The van der Waals surface area contributed by atoms with Crippen molar-refractivity contribution in [2.45, 2.75) is 45.6 Å². The summed E-state index contributed by atoms with van der Waals surface area (Å²) >= 11 is 0. The number of hydrogen-bond donors (Lipinski definition) is 2. The lowest BCUT2D eigenvalue weighted by molar-refractivity contribution is -0.00232. The second-order valence-corrected chi connectivity index (χ2v) is 6.74. The van der Waals surface area contributed by atoms with Crippen LogP contribution < -0.4 is 10.6 Å². The van der Waals surface area contributed by atoms with Crippen molar-refractivity contribution in [1.82, 2.24) is 25.5 Å². The zero-order valence-corrected chi connectivity index (χ0v) is 15.3. The van der Waals surface area contributed by atoms with Gasteiger partial charge in [0, 0.05) is 12.2 Å². The van der Waals surface area contributed by atoms with E-state index < -0.39 is 0 Å². The number of amides is 2. The Hall–Kier alpha value is -2.48. The van der Waals surface area contributed by atoms with E-state index in [9.17, 15) is 4.79 Å². The Bertz CT molecular complexity index is 732. The predicted octanol–water partition coefficient (Wildman–Crippen LogP) is 2.69. The summed E-state index contributed by atoms with van der Waals surface area (Å²) in [6.45, 7) is 5.08. The smallest absolute Gasteiger partial charge is 0.319 e. The fourth-order valence-electron chi connectivity index (χ4n) is 3.27. The van der Waals surface area contributed by atoms with Crippen LogP contribution in [-0.2, 0) is 4.74 Å². The van der Waals surface area contributed by atoms with Gasteiger partial charge in [0.1, 0.15) is 0 Å². The maximum Gasteiger partial charge on any atom is 0.319 e. The van der Waals surface area contributed by atoms with Crippen LogP contribution in [0.3, 0.4) is 0 Å². The Morgan fingerprint density at radius 1 is 1.35 bits per heavy atom. The third kappa shape index (κ3) is 4.78. The molecule has 8 nitrogen and oxygen atoms in total. The fourth-order valence-corrected chi connectivity index (χ4v) is 3.27. The van der Waals surface area contributed by atoms with E-state index in [4.69, 9.17) is 4.74 Å². The zero-order valence-electron chi connectivity index (χ0n) is 15.3. The molecule has 2 aromatic rings. The number of nitrogens with one attached hydrogen (secondary N) is 2. The summed E-state index contributed by atoms with van der Waals surface area (Å²) in [4.78, 5) is 12.1. The molecule has 2 N–H and O–H groups in total. The molecule has 2 amide bonds. The van der Waals surface area contributed by atoms with Gasteiger partial charge in [0.05, 0.1) is 18.4 Å². The lowest BCUT2D eigenvalue weighted by Gasteiger charge is -2.28. The summed E-state index contributed by atoms with van der Waals surface area (Å²) in [5.74, 6) is 1.29. The van der Waals surface area contributed by atoms with Crippen LogP contribution in [0.1, 0.15) is 38.4 Å². The van der Waals surface area contributed by atoms with E-state index in [0.29, 0.717) is 36.7 Å². The van der Waals surface area contributed by atoms with E-state index in [1.54, 1.807) is 4.68 Å². The third-order valence-electron chi connectivity index (χ3n) is 4.73. The summed E-state index contributed by atoms with van der Waals surface area (Å²) < 4.78 is 7.52. The van der Waals surface area contributed by atoms with Gasteiger partial charge >= 0.3 is 6.03 Å². The summed E-state index contributed by atoms with van der Waals surface area (Å²) in [5.41, 5.74) is 1.47. The lowest BCUT2D eigenvalue weighted by atomic mass is 9.88. The second-order valence-electron chi connectivity index (χ2n) is 6.74. The quantitative estimate of drug-likeness (QED) is 0.774. The molecule has 8 heteroatoms. The van der Waals surface area contributed by atoms with Gasteiger partial charge in [-0.1, -0.05) is 25.8 Å². The summed E-state index contributed by atoms with van der Waals surface area (Å²) in [7, 11) is 0. The molecule has 0 radical (unpaired) electrons. The number of aryl methyl sites for hydroxylation is 1. The molecule has 1 aliphatic carbocycles. The monoisotopic (exact) mass is 358 g/mol. The van der Waals surface area contributed by atoms with Crippen molar-refractivity contribution in [2.75, 3.05) is 18.5 Å². The van der Waals surface area contributed by atoms with Crippen molar-refractivity contribution >= 4 is 11.7 Å². The second kappa shape index (κ2) is 8.75. The summed E-state index contributed by atoms with van der Waals surface area (Å²) in [5, 5.41) is 17.1. The molecular formula is C18H26N6O2. The number of anilines is 1. The van der Waals surface area contributed by atoms with Crippen LogP contribution >= 0.6 is 0 Å². The summed E-state index contributed by atoms with van der Waals surface area (Å²) in [6.07, 6.45) is 5.21. The normalized spacial score (nSPS) is 19.9. The highest BCUT2D eigenvalue weighted by molar-refractivity contribution is 5.89. The molecule has 0 unspecified atom stereocenters. The minimum Gasteiger partial charge on any atom is -0.376 e. The van der Waals surface area contributed by atoms with Gasteiger partial charge in [0.25, 0.3) is 0 Å². The van der Waals surface area contributed by atoms with E-state index in [1.165, 1.54) is 19.3 Å². The fraction of sp³-hybridized carbons (Fsp3) is 0.556. The number of carbonyl (C=O) groups excluding carboxylic acids is 1. The highest BCUT2D eigenvalue weighted by Crippen LogP contribution is 2.26. The molecule has 1 aromatic heterocycles. The Kier molecular flexibility index (Phi) is 6.17. The molecule has 0 saturated heterocycles. The van der Waals surface area contributed by atoms with Gasteiger partial charge in [-0.15, -0.1) is 5.10 Å². The molecule has 0 bridgehead atoms. The van der Waals surface area contributed by atoms with Crippen molar-refractivity contribution < 1.29 is 9.53 Å². The first kappa shape index (κ1) is 18.3. The molecule has 1 aliphatic rings. The maximum atomic E-state index is 12.1. The number of rotatable bonds is 6. The molecule has 0 spiro atoms. The lowest BCUT2D eigenvalue weighted by Crippen LogP contribution is -2.34. The van der Waals surface area contributed by atoms with Gasteiger partial charge in [-0.3, -0.25) is 0 Å². The Morgan fingerprint density at radius 2 is 2.19 bits per heavy atom. The SMILES string of the molecule is Cc1nnnn1-c1cccc(NC(=O)NCCO[C@@H]2CCCC[C@H]2C)c1. The van der Waals surface area contributed by atoms with Crippen molar-refractivity contribution in [3.8, 4) is 5.69 Å². The average Bonchev–Trinajstić information content (AvgIpc) is 3.06. The van der Waals surface area contributed by atoms with Crippen LogP contribution in [0.2, 0.25) is 0 Å². The van der Waals surface area contributed by atoms with Crippen LogP contribution in [0.25, 0.3) is 5.69 Å². The van der Waals surface area contributed by atoms with Gasteiger partial charge < -0.3 is 15.4 Å². The van der Waals surface area contributed by atoms with Crippen molar-refractivity contribution in [3.05, 3.63) is 30.1 Å². The number of hydrogen-bond acceptors (Lipinski definition) is 5. The molecule has 1 fully saturated rings. The van der Waals surface area contributed by atoms with Gasteiger partial charge in [-0.05, 0) is 54.3 Å². The standard InChI is InChI=1S/C18H26N6O2/c1-13-6-3-4-9-17(13)26-11-10-19-18(25)20-15-7-5-8-16(12-15)24-14(2)21-22-23-24/h5,7-8,12-13,17H,3-4,6,9-11H2,1-2H3,(H2,19,20,25)/t13-,17-/m1/s1. The third-order valence-corrected chi connectivity index (χ3v) is 4.73. The number of urea groups is 1. The van der Waals surface area contributed by atoms with Gasteiger partial charge in [-0.25, -0.2) is 4.79 Å². The van der Waals surface area contributed by atoms with Crippen LogP contribution in [-0.4, -0.2) is 45.5 Å². The van der Waals surface area contributed by atoms with Gasteiger partial charge in [0.15, 0.2) is 5.82 Å². The molecule has 140 valence electrons. The van der Waals surface area contributed by atoms with Gasteiger partial charge in [0.2, 0.25) is 0 Å². The number of nitrogens with zero attached hydrogens (tertiary/aromatic N) is 4. The number of carbonyl (C=O) groups is 1. The van der Waals surface area contributed by atoms with Gasteiger partial charge in [-0.2, -0.15) is 4.68 Å².